The van der Waals surface area contributed by atoms with Crippen molar-refractivity contribution in [3.05, 3.63) is 65.7 Å². The molecule has 0 aromatic heterocycles. The standard InChI is InChI=1S/C22H24N4O3/c1-2-22(18-6-4-3-5-7-18)20(27)26(21(28)24-22)23-16-17-8-10-19(11-9-17)25-12-14-29-15-13-25/h3-11,16H,2,12-15H2,1H3,(H,24,28)/b23-16-/t22-/m0/s1. The topological polar surface area (TPSA) is 74.2 Å². The van der Waals surface area contributed by atoms with Crippen molar-refractivity contribution in [3.63, 3.8) is 0 Å². The van der Waals surface area contributed by atoms with Gasteiger partial charge in [-0.05, 0) is 29.7 Å². The number of hydrogen-bond donors (Lipinski definition) is 1. The lowest BCUT2D eigenvalue weighted by molar-refractivity contribution is -0.131. The lowest BCUT2D eigenvalue weighted by atomic mass is 9.87. The van der Waals surface area contributed by atoms with Crippen molar-refractivity contribution in [1.82, 2.24) is 10.3 Å². The Bertz CT molecular complexity index is 907. The molecule has 1 atom stereocenters. The van der Waals surface area contributed by atoms with Crippen LogP contribution in [-0.2, 0) is 15.1 Å². The molecule has 0 radical (unpaired) electrons. The predicted octanol–water partition coefficient (Wildman–Crippen LogP) is 2.71. The Balaban J connectivity index is 1.51. The number of carbonyl (C=O) groups is 2. The fourth-order valence-electron chi connectivity index (χ4n) is 3.75. The van der Waals surface area contributed by atoms with Crippen LogP contribution in [0.15, 0.2) is 59.7 Å². The van der Waals surface area contributed by atoms with E-state index in [9.17, 15) is 9.59 Å². The maximum atomic E-state index is 13.1. The third-order valence-corrected chi connectivity index (χ3v) is 5.46. The molecule has 0 unspecified atom stereocenters. The van der Waals surface area contributed by atoms with E-state index in [1.807, 2.05) is 61.5 Å². The first-order valence-electron chi connectivity index (χ1n) is 9.83. The zero-order valence-corrected chi connectivity index (χ0v) is 16.4. The molecule has 2 aliphatic rings. The number of carbonyl (C=O) groups excluding carboxylic acids is 2. The summed E-state index contributed by atoms with van der Waals surface area (Å²) in [6, 6.07) is 16.7. The summed E-state index contributed by atoms with van der Waals surface area (Å²) in [5.74, 6) is -0.364. The zero-order valence-electron chi connectivity index (χ0n) is 16.4. The van der Waals surface area contributed by atoms with Crippen LogP contribution in [0.2, 0.25) is 0 Å². The third-order valence-electron chi connectivity index (χ3n) is 5.46. The van der Waals surface area contributed by atoms with Gasteiger partial charge in [0.1, 0.15) is 5.54 Å². The van der Waals surface area contributed by atoms with Gasteiger partial charge >= 0.3 is 6.03 Å². The van der Waals surface area contributed by atoms with Crippen molar-refractivity contribution >= 4 is 23.8 Å². The Morgan fingerprint density at radius 3 is 2.41 bits per heavy atom. The molecule has 2 saturated heterocycles. The summed E-state index contributed by atoms with van der Waals surface area (Å²) in [6.45, 7) is 5.08. The number of morpholine rings is 1. The van der Waals surface area contributed by atoms with E-state index in [2.05, 4.69) is 15.3 Å². The van der Waals surface area contributed by atoms with Gasteiger partial charge in [-0.25, -0.2) is 4.79 Å². The van der Waals surface area contributed by atoms with E-state index in [0.29, 0.717) is 6.42 Å². The molecular weight excluding hydrogens is 368 g/mol. The smallest absolute Gasteiger partial charge is 0.346 e. The average molecular weight is 392 g/mol. The van der Waals surface area contributed by atoms with Gasteiger partial charge in [-0.1, -0.05) is 49.4 Å². The monoisotopic (exact) mass is 392 g/mol. The first kappa shape index (κ1) is 19.1. The van der Waals surface area contributed by atoms with Crippen LogP contribution in [0.4, 0.5) is 10.5 Å². The van der Waals surface area contributed by atoms with Gasteiger partial charge in [-0.3, -0.25) is 4.79 Å². The van der Waals surface area contributed by atoms with Crippen molar-refractivity contribution in [2.75, 3.05) is 31.2 Å². The minimum atomic E-state index is -1.07. The lowest BCUT2D eigenvalue weighted by Crippen LogP contribution is -2.43. The summed E-state index contributed by atoms with van der Waals surface area (Å²) >= 11 is 0. The van der Waals surface area contributed by atoms with Gasteiger partial charge in [-0.2, -0.15) is 5.10 Å². The summed E-state index contributed by atoms with van der Waals surface area (Å²) in [7, 11) is 0. The number of amides is 3. The molecule has 2 aromatic carbocycles. The molecule has 2 aliphatic heterocycles. The van der Waals surface area contributed by atoms with E-state index in [4.69, 9.17) is 4.74 Å². The number of hydrogen-bond acceptors (Lipinski definition) is 5. The van der Waals surface area contributed by atoms with Gasteiger partial charge in [0.05, 0.1) is 19.4 Å². The zero-order chi connectivity index (χ0) is 20.3. The van der Waals surface area contributed by atoms with Gasteiger partial charge in [0, 0.05) is 18.8 Å². The Morgan fingerprint density at radius 2 is 1.76 bits per heavy atom. The average Bonchev–Trinajstić information content (AvgIpc) is 3.04. The highest BCUT2D eigenvalue weighted by Gasteiger charge is 2.51. The van der Waals surface area contributed by atoms with Crippen LogP contribution in [0.25, 0.3) is 0 Å². The van der Waals surface area contributed by atoms with Gasteiger partial charge < -0.3 is 15.0 Å². The van der Waals surface area contributed by atoms with Crippen LogP contribution >= 0.6 is 0 Å². The first-order chi connectivity index (χ1) is 14.1. The van der Waals surface area contributed by atoms with E-state index >= 15 is 0 Å². The molecule has 0 aliphatic carbocycles. The molecule has 4 rings (SSSR count). The van der Waals surface area contributed by atoms with Crippen LogP contribution in [0.1, 0.15) is 24.5 Å². The van der Waals surface area contributed by atoms with E-state index in [1.165, 1.54) is 6.21 Å². The van der Waals surface area contributed by atoms with Gasteiger partial charge in [0.15, 0.2) is 0 Å². The molecule has 2 heterocycles. The van der Waals surface area contributed by atoms with Crippen LogP contribution in [0.5, 0.6) is 0 Å². The largest absolute Gasteiger partial charge is 0.378 e. The number of rotatable bonds is 5. The van der Waals surface area contributed by atoms with Crippen molar-refractivity contribution in [3.8, 4) is 0 Å². The van der Waals surface area contributed by atoms with Gasteiger partial charge in [-0.15, -0.1) is 5.01 Å². The highest BCUT2D eigenvalue weighted by Crippen LogP contribution is 2.32. The highest BCUT2D eigenvalue weighted by atomic mass is 16.5. The minimum absolute atomic E-state index is 0.364. The fraction of sp³-hybridized carbons (Fsp3) is 0.318. The molecule has 0 spiro atoms. The van der Waals surface area contributed by atoms with Crippen molar-refractivity contribution in [1.29, 1.82) is 0 Å². The van der Waals surface area contributed by atoms with Crippen LogP contribution < -0.4 is 10.2 Å². The summed E-state index contributed by atoms with van der Waals surface area (Å²) in [6.07, 6.45) is 1.99. The summed E-state index contributed by atoms with van der Waals surface area (Å²) in [5.41, 5.74) is 1.62. The molecule has 0 bridgehead atoms. The normalized spacial score (nSPS) is 22.4. The van der Waals surface area contributed by atoms with E-state index in [0.717, 1.165) is 48.1 Å². The fourth-order valence-corrected chi connectivity index (χ4v) is 3.75. The van der Waals surface area contributed by atoms with E-state index < -0.39 is 11.6 Å². The minimum Gasteiger partial charge on any atom is -0.378 e. The SMILES string of the molecule is CC[C@@]1(c2ccccc2)NC(=O)N(/N=C\c2ccc(N3CCOCC3)cc2)C1=O. The van der Waals surface area contributed by atoms with E-state index in [1.54, 1.807) is 0 Å². The third kappa shape index (κ3) is 3.61. The molecule has 2 aromatic rings. The number of hydrazone groups is 1. The number of anilines is 1. The molecule has 3 amide bonds. The van der Waals surface area contributed by atoms with Crippen molar-refractivity contribution < 1.29 is 14.3 Å². The van der Waals surface area contributed by atoms with Crippen LogP contribution in [0.3, 0.4) is 0 Å². The molecule has 150 valence electrons. The quantitative estimate of drug-likeness (QED) is 0.627. The second-order valence-electron chi connectivity index (χ2n) is 7.11. The highest BCUT2D eigenvalue weighted by molar-refractivity contribution is 6.07. The molecule has 7 nitrogen and oxygen atoms in total. The second kappa shape index (κ2) is 8.05. The summed E-state index contributed by atoms with van der Waals surface area (Å²) < 4.78 is 5.38. The number of nitrogens with zero attached hydrogens (tertiary/aromatic N) is 3. The maximum Gasteiger partial charge on any atom is 0.346 e. The Kier molecular flexibility index (Phi) is 5.31. The molecule has 2 fully saturated rings. The maximum absolute atomic E-state index is 13.1. The Labute approximate surface area is 169 Å². The van der Waals surface area contributed by atoms with Gasteiger partial charge in [0.2, 0.25) is 0 Å². The molecule has 29 heavy (non-hydrogen) atoms. The number of nitrogens with one attached hydrogen (secondary N) is 1. The molecular formula is C22H24N4O3. The number of ether oxygens (including phenoxy) is 1. The molecule has 1 N–H and O–H groups in total. The van der Waals surface area contributed by atoms with Crippen LogP contribution in [-0.4, -0.2) is 49.5 Å². The number of urea groups is 1. The molecule has 7 heteroatoms. The van der Waals surface area contributed by atoms with Gasteiger partial charge in [0.25, 0.3) is 5.91 Å². The lowest BCUT2D eigenvalue weighted by Gasteiger charge is -2.28. The van der Waals surface area contributed by atoms with Crippen molar-refractivity contribution in [2.45, 2.75) is 18.9 Å². The molecule has 0 saturated carbocycles. The number of imide groups is 1. The Hall–Kier alpha value is -3.19. The first-order valence-corrected chi connectivity index (χ1v) is 9.83. The second-order valence-corrected chi connectivity index (χ2v) is 7.11. The summed E-state index contributed by atoms with van der Waals surface area (Å²) in [5, 5.41) is 7.93. The van der Waals surface area contributed by atoms with Crippen molar-refractivity contribution in [2.24, 2.45) is 5.10 Å². The van der Waals surface area contributed by atoms with E-state index in [-0.39, 0.29) is 5.91 Å². The predicted molar refractivity (Wildman–Crippen MR) is 111 cm³/mol. The van der Waals surface area contributed by atoms with Crippen LogP contribution in [0, 0.1) is 0 Å². The summed E-state index contributed by atoms with van der Waals surface area (Å²) in [4.78, 5) is 27.8. The Morgan fingerprint density at radius 1 is 1.07 bits per heavy atom. The number of benzene rings is 2.